The van der Waals surface area contributed by atoms with Gasteiger partial charge in [0.05, 0.1) is 0 Å². The fraction of sp³-hybridized carbons (Fsp3) is 0.625. The summed E-state index contributed by atoms with van der Waals surface area (Å²) in [5, 5.41) is 4.72. The Balaban J connectivity index is 1.95. The Morgan fingerprint density at radius 1 is 1.33 bits per heavy atom. The summed E-state index contributed by atoms with van der Waals surface area (Å²) >= 11 is 0. The van der Waals surface area contributed by atoms with Crippen molar-refractivity contribution in [1.29, 1.82) is 0 Å². The maximum atomic E-state index is 5.99. The van der Waals surface area contributed by atoms with Crippen LogP contribution in [0.1, 0.15) is 38.3 Å². The van der Waals surface area contributed by atoms with Crippen LogP contribution in [-0.4, -0.2) is 33.7 Å². The van der Waals surface area contributed by atoms with Gasteiger partial charge in [-0.3, -0.25) is 0 Å². The van der Waals surface area contributed by atoms with Gasteiger partial charge in [0.15, 0.2) is 5.65 Å². The molecule has 2 atom stereocenters. The van der Waals surface area contributed by atoms with Gasteiger partial charge >= 0.3 is 0 Å². The summed E-state index contributed by atoms with van der Waals surface area (Å²) in [6.07, 6.45) is 5.01. The van der Waals surface area contributed by atoms with Gasteiger partial charge < -0.3 is 10.6 Å². The molecule has 0 radical (unpaired) electrons. The first-order valence-corrected chi connectivity index (χ1v) is 8.03. The quantitative estimate of drug-likeness (QED) is 0.938. The molecule has 0 aromatic carbocycles. The summed E-state index contributed by atoms with van der Waals surface area (Å²) in [4.78, 5) is 7.08. The fourth-order valence-corrected chi connectivity index (χ4v) is 3.54. The fourth-order valence-electron chi connectivity index (χ4n) is 3.54. The summed E-state index contributed by atoms with van der Waals surface area (Å²) < 4.78 is 1.93. The molecule has 3 rings (SSSR count). The van der Waals surface area contributed by atoms with Gasteiger partial charge in [-0.15, -0.1) is 5.10 Å². The molecule has 2 unspecified atom stereocenters. The van der Waals surface area contributed by atoms with Crippen LogP contribution in [0, 0.1) is 12.8 Å². The average molecular weight is 287 g/mol. The first kappa shape index (κ1) is 14.3. The van der Waals surface area contributed by atoms with Crippen molar-refractivity contribution >= 4 is 11.6 Å². The van der Waals surface area contributed by atoms with E-state index < -0.39 is 0 Å². The minimum atomic E-state index is 0.478. The molecule has 1 aliphatic carbocycles. The number of aromatic nitrogens is 3. The van der Waals surface area contributed by atoms with E-state index in [4.69, 9.17) is 15.8 Å². The molecule has 5 nitrogen and oxygen atoms in total. The molecule has 1 aliphatic rings. The SMILES string of the molecule is CCN(c1nc2cccc(C)n2n1)C1CCCCC1CN. The number of nitrogens with zero attached hydrogens (tertiary/aromatic N) is 4. The molecule has 2 N–H and O–H groups in total. The van der Waals surface area contributed by atoms with Gasteiger partial charge in [-0.2, -0.15) is 4.98 Å². The summed E-state index contributed by atoms with van der Waals surface area (Å²) in [5.74, 6) is 1.41. The molecule has 2 aromatic heterocycles. The molecule has 0 saturated heterocycles. The van der Waals surface area contributed by atoms with Crippen molar-refractivity contribution < 1.29 is 0 Å². The maximum Gasteiger partial charge on any atom is 0.245 e. The molecule has 21 heavy (non-hydrogen) atoms. The normalized spacial score (nSPS) is 22.6. The van der Waals surface area contributed by atoms with Crippen molar-refractivity contribution in [2.24, 2.45) is 11.7 Å². The van der Waals surface area contributed by atoms with Crippen molar-refractivity contribution in [3.05, 3.63) is 23.9 Å². The van der Waals surface area contributed by atoms with E-state index in [0.717, 1.165) is 30.4 Å². The smallest absolute Gasteiger partial charge is 0.245 e. The number of anilines is 1. The summed E-state index contributed by atoms with van der Waals surface area (Å²) in [6, 6.07) is 6.58. The highest BCUT2D eigenvalue weighted by Crippen LogP contribution is 2.30. The molecular formula is C16H25N5. The Labute approximate surface area is 126 Å². The zero-order valence-electron chi connectivity index (χ0n) is 13.0. The molecule has 0 amide bonds. The highest BCUT2D eigenvalue weighted by Gasteiger charge is 2.30. The number of pyridine rings is 1. The first-order chi connectivity index (χ1) is 10.2. The topological polar surface area (TPSA) is 59.5 Å². The molecule has 1 fully saturated rings. The number of hydrogen-bond acceptors (Lipinski definition) is 4. The third kappa shape index (κ3) is 2.62. The second-order valence-corrected chi connectivity index (χ2v) is 5.98. The Hall–Kier alpha value is -1.62. The lowest BCUT2D eigenvalue weighted by molar-refractivity contribution is 0.298. The summed E-state index contributed by atoms with van der Waals surface area (Å²) in [7, 11) is 0. The Morgan fingerprint density at radius 3 is 2.86 bits per heavy atom. The van der Waals surface area contributed by atoms with Crippen LogP contribution in [0.15, 0.2) is 18.2 Å². The number of hydrogen-bond donors (Lipinski definition) is 1. The second kappa shape index (κ2) is 6.02. The van der Waals surface area contributed by atoms with E-state index in [1.165, 1.54) is 25.7 Å². The lowest BCUT2D eigenvalue weighted by atomic mass is 9.83. The highest BCUT2D eigenvalue weighted by atomic mass is 15.4. The number of rotatable bonds is 4. The number of fused-ring (bicyclic) bond motifs is 1. The van der Waals surface area contributed by atoms with Crippen molar-refractivity contribution in [2.45, 2.75) is 45.6 Å². The molecule has 1 saturated carbocycles. The monoisotopic (exact) mass is 287 g/mol. The van der Waals surface area contributed by atoms with Crippen molar-refractivity contribution in [3.63, 3.8) is 0 Å². The van der Waals surface area contributed by atoms with Crippen molar-refractivity contribution in [3.8, 4) is 0 Å². The van der Waals surface area contributed by atoms with Crippen molar-refractivity contribution in [1.82, 2.24) is 14.6 Å². The zero-order chi connectivity index (χ0) is 14.8. The van der Waals surface area contributed by atoms with Crippen LogP contribution >= 0.6 is 0 Å². The van der Waals surface area contributed by atoms with E-state index in [1.54, 1.807) is 0 Å². The molecule has 0 spiro atoms. The Kier molecular flexibility index (Phi) is 4.10. The third-order valence-corrected chi connectivity index (χ3v) is 4.71. The molecule has 5 heteroatoms. The van der Waals surface area contributed by atoms with Crippen LogP contribution in [0.3, 0.4) is 0 Å². The first-order valence-electron chi connectivity index (χ1n) is 8.03. The minimum absolute atomic E-state index is 0.478. The van der Waals surface area contributed by atoms with E-state index in [-0.39, 0.29) is 0 Å². The standard InChI is InChI=1S/C16H25N5/c1-3-20(14-9-5-4-8-13(14)11-17)16-18-15-10-6-7-12(2)21(15)19-16/h6-7,10,13-14H,3-5,8-9,11,17H2,1-2H3. The summed E-state index contributed by atoms with van der Waals surface area (Å²) in [5.41, 5.74) is 8.02. The third-order valence-electron chi connectivity index (χ3n) is 4.71. The maximum absolute atomic E-state index is 5.99. The number of nitrogens with two attached hydrogens (primary N) is 1. The van der Waals surface area contributed by atoms with Crippen LogP contribution in [-0.2, 0) is 0 Å². The molecule has 0 aliphatic heterocycles. The minimum Gasteiger partial charge on any atom is -0.336 e. The Morgan fingerprint density at radius 2 is 2.14 bits per heavy atom. The van der Waals surface area contributed by atoms with E-state index in [2.05, 4.69) is 24.8 Å². The highest BCUT2D eigenvalue weighted by molar-refractivity contribution is 5.46. The van der Waals surface area contributed by atoms with Gasteiger partial charge in [0.25, 0.3) is 0 Å². The lowest BCUT2D eigenvalue weighted by Gasteiger charge is -2.38. The molecule has 0 bridgehead atoms. The van der Waals surface area contributed by atoms with Gasteiger partial charge in [0, 0.05) is 18.3 Å². The Bertz CT molecular complexity index is 606. The van der Waals surface area contributed by atoms with Crippen LogP contribution in [0.4, 0.5) is 5.95 Å². The van der Waals surface area contributed by atoms with Crippen LogP contribution in [0.25, 0.3) is 5.65 Å². The largest absolute Gasteiger partial charge is 0.336 e. The molecular weight excluding hydrogens is 262 g/mol. The van der Waals surface area contributed by atoms with E-state index in [9.17, 15) is 0 Å². The zero-order valence-corrected chi connectivity index (χ0v) is 13.0. The predicted octanol–water partition coefficient (Wildman–Crippen LogP) is 2.38. The van der Waals surface area contributed by atoms with Crippen LogP contribution in [0.2, 0.25) is 0 Å². The van der Waals surface area contributed by atoms with Gasteiger partial charge in [-0.1, -0.05) is 18.9 Å². The van der Waals surface area contributed by atoms with Gasteiger partial charge in [-0.25, -0.2) is 4.52 Å². The molecule has 2 aromatic rings. The van der Waals surface area contributed by atoms with Crippen molar-refractivity contribution in [2.75, 3.05) is 18.0 Å². The van der Waals surface area contributed by atoms with Crippen LogP contribution < -0.4 is 10.6 Å². The molecule has 2 heterocycles. The van der Waals surface area contributed by atoms with E-state index in [0.29, 0.717) is 12.0 Å². The van der Waals surface area contributed by atoms with Gasteiger partial charge in [0.2, 0.25) is 5.95 Å². The van der Waals surface area contributed by atoms with Gasteiger partial charge in [-0.05, 0) is 51.3 Å². The predicted molar refractivity (Wildman–Crippen MR) is 85.5 cm³/mol. The van der Waals surface area contributed by atoms with Gasteiger partial charge in [0.1, 0.15) is 0 Å². The molecule has 114 valence electrons. The average Bonchev–Trinajstić information content (AvgIpc) is 2.94. The van der Waals surface area contributed by atoms with Crippen LogP contribution in [0.5, 0.6) is 0 Å². The van der Waals surface area contributed by atoms with E-state index >= 15 is 0 Å². The lowest BCUT2D eigenvalue weighted by Crippen LogP contribution is -2.45. The van der Waals surface area contributed by atoms with E-state index in [1.807, 2.05) is 16.6 Å². The second-order valence-electron chi connectivity index (χ2n) is 5.98. The number of aryl methyl sites for hydroxylation is 1. The summed E-state index contributed by atoms with van der Waals surface area (Å²) in [6.45, 7) is 5.93.